The van der Waals surface area contributed by atoms with Crippen LogP contribution in [0.25, 0.3) is 0 Å². The van der Waals surface area contributed by atoms with Crippen LogP contribution in [0.15, 0.2) is 10.2 Å². The molecule has 0 heterocycles. The van der Waals surface area contributed by atoms with Crippen LogP contribution in [0.2, 0.25) is 8.94 Å². The Morgan fingerprint density at radius 3 is 1.95 bits per heavy atom. The quantitative estimate of drug-likeness (QED) is 0.148. The summed E-state index contributed by atoms with van der Waals surface area (Å²) in [7, 11) is 0. The van der Waals surface area contributed by atoms with Crippen molar-refractivity contribution >= 4 is 49.5 Å². The Bertz CT molecular complexity index is 257. The van der Waals surface area contributed by atoms with Crippen molar-refractivity contribution in [3.05, 3.63) is 10.2 Å². The predicted octanol–water partition coefficient (Wildman–Crippen LogP) is 6.24. The molecule has 0 fully saturated rings. The monoisotopic (exact) mass is 524 g/mol. The van der Waals surface area contributed by atoms with Gasteiger partial charge in [-0.3, -0.25) is 4.79 Å². The average molecular weight is 522 g/mol. The molecule has 0 bridgehead atoms. The molecule has 124 valence electrons. The third kappa shape index (κ3) is 20.7. The minimum absolute atomic E-state index is 0.313. The van der Waals surface area contributed by atoms with Gasteiger partial charge < -0.3 is 5.11 Å². The van der Waals surface area contributed by atoms with Gasteiger partial charge in [-0.1, -0.05) is 0 Å². The van der Waals surface area contributed by atoms with E-state index in [0.29, 0.717) is 27.3 Å². The summed E-state index contributed by atoms with van der Waals surface area (Å²) in [6.45, 7) is 0. The first-order valence-corrected chi connectivity index (χ1v) is 12.9. The first-order chi connectivity index (χ1) is 10.3. The molecule has 0 saturated heterocycles. The van der Waals surface area contributed by atoms with Crippen LogP contribution in [0.5, 0.6) is 0 Å². The van der Waals surface area contributed by atoms with Crippen molar-refractivity contribution in [2.45, 2.75) is 86.0 Å². The maximum atomic E-state index is 10.3. The SMILES string of the molecule is O=C(O)CCCCCCCCCCC[Te]CCC/C=C/I. The van der Waals surface area contributed by atoms with Gasteiger partial charge in [0, 0.05) is 0 Å². The molecule has 0 atom stereocenters. The van der Waals surface area contributed by atoms with E-state index in [-0.39, 0.29) is 0 Å². The Morgan fingerprint density at radius 1 is 0.857 bits per heavy atom. The zero-order valence-corrected chi connectivity index (χ0v) is 17.7. The van der Waals surface area contributed by atoms with E-state index in [2.05, 4.69) is 32.7 Å². The molecule has 0 aromatic carbocycles. The molecule has 0 amide bonds. The van der Waals surface area contributed by atoms with E-state index in [1.807, 2.05) is 0 Å². The van der Waals surface area contributed by atoms with Gasteiger partial charge in [0.25, 0.3) is 0 Å². The Labute approximate surface area is 154 Å². The molecule has 21 heavy (non-hydrogen) atoms. The van der Waals surface area contributed by atoms with Gasteiger partial charge in [-0.15, -0.1) is 0 Å². The molecule has 0 radical (unpaired) electrons. The Morgan fingerprint density at radius 2 is 1.38 bits per heavy atom. The molecule has 0 rings (SSSR count). The van der Waals surface area contributed by atoms with Crippen molar-refractivity contribution in [3.63, 3.8) is 0 Å². The molecule has 0 aliphatic rings. The van der Waals surface area contributed by atoms with Crippen molar-refractivity contribution in [1.82, 2.24) is 0 Å². The fraction of sp³-hybridized carbons (Fsp3) is 0.824. The topological polar surface area (TPSA) is 37.3 Å². The van der Waals surface area contributed by atoms with E-state index in [1.165, 1.54) is 66.7 Å². The van der Waals surface area contributed by atoms with Gasteiger partial charge in [0.2, 0.25) is 0 Å². The van der Waals surface area contributed by atoms with E-state index >= 15 is 0 Å². The average Bonchev–Trinajstić information content (AvgIpc) is 2.46. The van der Waals surface area contributed by atoms with Gasteiger partial charge in [-0.25, -0.2) is 0 Å². The number of hydrogen-bond acceptors (Lipinski definition) is 1. The zero-order valence-electron chi connectivity index (χ0n) is 13.2. The van der Waals surface area contributed by atoms with Crippen LogP contribution >= 0.6 is 22.6 Å². The summed E-state index contributed by atoms with van der Waals surface area (Å²) in [5, 5.41) is 8.53. The first kappa shape index (κ1) is 21.7. The standard InChI is InChI=1S/C17H31IO2Te/c18-14-10-8-12-16-21-15-11-7-5-3-1-2-4-6-9-13-17(19)20/h10,14H,1-9,11-13,15-16H2,(H,19,20)/b14-10+. The van der Waals surface area contributed by atoms with Crippen molar-refractivity contribution in [2.75, 3.05) is 0 Å². The summed E-state index contributed by atoms with van der Waals surface area (Å²) in [4.78, 5) is 10.3. The molecule has 0 spiro atoms. The van der Waals surface area contributed by atoms with E-state index in [1.54, 1.807) is 0 Å². The number of halogens is 1. The normalized spacial score (nSPS) is 11.3. The second kappa shape index (κ2) is 18.8. The third-order valence-electron chi connectivity index (χ3n) is 3.43. The van der Waals surface area contributed by atoms with E-state index in [4.69, 9.17) is 5.11 Å². The Hall–Kier alpha value is 0.730. The molecular weight excluding hydrogens is 491 g/mol. The predicted molar refractivity (Wildman–Crippen MR) is 102 cm³/mol. The van der Waals surface area contributed by atoms with Gasteiger partial charge in [0.1, 0.15) is 0 Å². The van der Waals surface area contributed by atoms with Crippen molar-refractivity contribution < 1.29 is 9.90 Å². The van der Waals surface area contributed by atoms with E-state index in [9.17, 15) is 4.79 Å². The van der Waals surface area contributed by atoms with Crippen molar-refractivity contribution in [2.24, 2.45) is 0 Å². The molecule has 0 saturated carbocycles. The van der Waals surface area contributed by atoms with Crippen LogP contribution in [0.4, 0.5) is 0 Å². The summed E-state index contributed by atoms with van der Waals surface area (Å²) in [5.41, 5.74) is 0. The molecule has 1 N–H and O–H groups in total. The number of unbranched alkanes of at least 4 members (excludes halogenated alkanes) is 9. The summed E-state index contributed by atoms with van der Waals surface area (Å²) >= 11 is 2.61. The Balaban J connectivity index is 2.98. The summed E-state index contributed by atoms with van der Waals surface area (Å²) in [5.74, 6) is -0.653. The van der Waals surface area contributed by atoms with Crippen LogP contribution in [0, 0.1) is 0 Å². The molecule has 2 nitrogen and oxygen atoms in total. The molecule has 0 unspecified atom stereocenters. The molecule has 0 aromatic rings. The first-order valence-electron chi connectivity index (χ1n) is 8.32. The molecule has 0 aliphatic carbocycles. The van der Waals surface area contributed by atoms with Gasteiger partial charge in [0.15, 0.2) is 0 Å². The fourth-order valence-electron chi connectivity index (χ4n) is 2.19. The summed E-state index contributed by atoms with van der Waals surface area (Å²) in [6.07, 6.45) is 16.8. The van der Waals surface area contributed by atoms with Crippen molar-refractivity contribution in [1.29, 1.82) is 0 Å². The number of carboxylic acids is 1. The second-order valence-corrected chi connectivity index (χ2v) is 9.66. The second-order valence-electron chi connectivity index (χ2n) is 5.44. The van der Waals surface area contributed by atoms with Crippen LogP contribution < -0.4 is 0 Å². The van der Waals surface area contributed by atoms with Crippen molar-refractivity contribution in [3.8, 4) is 0 Å². The fourth-order valence-corrected chi connectivity index (χ4v) is 5.35. The molecular formula is C17H31IO2Te. The van der Waals surface area contributed by atoms with Gasteiger partial charge >= 0.3 is 146 Å². The Kier molecular flexibility index (Phi) is 19.4. The summed E-state index contributed by atoms with van der Waals surface area (Å²) < 4.78 is 5.18. The number of aliphatic carboxylic acids is 1. The molecule has 0 aromatic heterocycles. The molecule has 4 heteroatoms. The van der Waals surface area contributed by atoms with E-state index < -0.39 is 5.97 Å². The van der Waals surface area contributed by atoms with Gasteiger partial charge in [0.05, 0.1) is 0 Å². The minimum atomic E-state index is -0.653. The zero-order chi connectivity index (χ0) is 15.6. The number of hydrogen-bond donors (Lipinski definition) is 1. The number of carbonyl (C=O) groups is 1. The maximum absolute atomic E-state index is 10.3. The van der Waals surface area contributed by atoms with Crippen LogP contribution in [-0.4, -0.2) is 32.0 Å². The van der Waals surface area contributed by atoms with Crippen LogP contribution in [0.3, 0.4) is 0 Å². The van der Waals surface area contributed by atoms with Crippen LogP contribution in [-0.2, 0) is 4.79 Å². The number of carboxylic acid groups (broad SMARTS) is 1. The molecule has 0 aliphatic heterocycles. The third-order valence-corrected chi connectivity index (χ3v) is 7.23. The number of rotatable bonds is 16. The summed E-state index contributed by atoms with van der Waals surface area (Å²) in [6, 6.07) is 0. The van der Waals surface area contributed by atoms with Gasteiger partial charge in [-0.05, 0) is 0 Å². The van der Waals surface area contributed by atoms with Crippen LogP contribution in [0.1, 0.15) is 77.0 Å². The van der Waals surface area contributed by atoms with Gasteiger partial charge in [-0.2, -0.15) is 0 Å². The number of allylic oxidation sites excluding steroid dienone is 1. The van der Waals surface area contributed by atoms with E-state index in [0.717, 1.165) is 12.8 Å².